The minimum absolute atomic E-state index is 0.278. The van der Waals surface area contributed by atoms with E-state index in [0.717, 1.165) is 24.6 Å². The van der Waals surface area contributed by atoms with Crippen LogP contribution in [0.1, 0.15) is 50.5 Å². The molecule has 24 heavy (non-hydrogen) atoms. The predicted octanol–water partition coefficient (Wildman–Crippen LogP) is 3.97. The molecule has 0 bridgehead atoms. The molecule has 1 aromatic carbocycles. The van der Waals surface area contributed by atoms with E-state index in [4.69, 9.17) is 4.74 Å². The molecule has 0 aromatic heterocycles. The lowest BCUT2D eigenvalue weighted by atomic mass is 9.88. The van der Waals surface area contributed by atoms with E-state index in [2.05, 4.69) is 10.2 Å². The van der Waals surface area contributed by atoms with Crippen LogP contribution < -0.4 is 10.1 Å². The number of likely N-dealkylation sites (tertiary alicyclic amines) is 1. The van der Waals surface area contributed by atoms with Crippen LogP contribution in [0.4, 0.5) is 4.39 Å². The minimum Gasteiger partial charge on any atom is -0.494 e. The Balaban J connectivity index is 1.45. The van der Waals surface area contributed by atoms with E-state index in [1.54, 1.807) is 12.1 Å². The number of hydrogen-bond acceptors (Lipinski definition) is 3. The zero-order valence-electron chi connectivity index (χ0n) is 14.9. The molecule has 3 rings (SSSR count). The highest BCUT2D eigenvalue weighted by molar-refractivity contribution is 5.29. The van der Waals surface area contributed by atoms with Crippen LogP contribution in [0.2, 0.25) is 0 Å². The molecule has 2 fully saturated rings. The first kappa shape index (κ1) is 17.7. The van der Waals surface area contributed by atoms with Gasteiger partial charge in [0.15, 0.2) is 11.6 Å². The Morgan fingerprint density at radius 1 is 1.17 bits per heavy atom. The topological polar surface area (TPSA) is 24.5 Å². The first-order chi connectivity index (χ1) is 11.7. The summed E-state index contributed by atoms with van der Waals surface area (Å²) in [5.74, 6) is 0.947. The SMILES string of the molecule is COc1ccc(CN[C@H]2CCCN(CC3CCCCC3)C2)cc1F. The number of piperidine rings is 1. The van der Waals surface area contributed by atoms with Crippen LogP contribution in [0.3, 0.4) is 0 Å². The third-order valence-electron chi connectivity index (χ3n) is 5.56. The Labute approximate surface area is 145 Å². The van der Waals surface area contributed by atoms with Gasteiger partial charge in [-0.3, -0.25) is 0 Å². The van der Waals surface area contributed by atoms with Gasteiger partial charge in [-0.25, -0.2) is 4.39 Å². The van der Waals surface area contributed by atoms with Gasteiger partial charge in [0.25, 0.3) is 0 Å². The van der Waals surface area contributed by atoms with Crippen LogP contribution in [0.25, 0.3) is 0 Å². The molecule has 0 spiro atoms. The molecule has 3 nitrogen and oxygen atoms in total. The molecule has 0 radical (unpaired) electrons. The second-order valence-electron chi connectivity index (χ2n) is 7.45. The molecule has 1 aliphatic heterocycles. The van der Waals surface area contributed by atoms with Crippen molar-refractivity contribution < 1.29 is 9.13 Å². The molecular formula is C20H31FN2O. The maximum absolute atomic E-state index is 13.8. The van der Waals surface area contributed by atoms with Crippen molar-refractivity contribution in [2.24, 2.45) is 5.92 Å². The van der Waals surface area contributed by atoms with E-state index in [9.17, 15) is 4.39 Å². The van der Waals surface area contributed by atoms with Crippen LogP contribution in [-0.2, 0) is 6.54 Å². The van der Waals surface area contributed by atoms with Crippen molar-refractivity contribution in [1.82, 2.24) is 10.2 Å². The Morgan fingerprint density at radius 3 is 2.75 bits per heavy atom. The number of benzene rings is 1. The van der Waals surface area contributed by atoms with Gasteiger partial charge in [0.2, 0.25) is 0 Å². The third-order valence-corrected chi connectivity index (χ3v) is 5.56. The molecule has 1 N–H and O–H groups in total. The fourth-order valence-electron chi connectivity index (χ4n) is 4.20. The van der Waals surface area contributed by atoms with Gasteiger partial charge >= 0.3 is 0 Å². The summed E-state index contributed by atoms with van der Waals surface area (Å²) < 4.78 is 18.8. The van der Waals surface area contributed by atoms with E-state index in [-0.39, 0.29) is 5.82 Å². The zero-order valence-corrected chi connectivity index (χ0v) is 14.9. The van der Waals surface area contributed by atoms with Gasteiger partial charge in [-0.1, -0.05) is 25.3 Å². The van der Waals surface area contributed by atoms with Crippen LogP contribution in [0, 0.1) is 11.7 Å². The van der Waals surface area contributed by atoms with Crippen molar-refractivity contribution in [3.05, 3.63) is 29.6 Å². The minimum atomic E-state index is -0.278. The second-order valence-corrected chi connectivity index (χ2v) is 7.45. The van der Waals surface area contributed by atoms with E-state index in [1.165, 1.54) is 65.1 Å². The fraction of sp³-hybridized carbons (Fsp3) is 0.700. The van der Waals surface area contributed by atoms with E-state index < -0.39 is 0 Å². The average Bonchev–Trinajstić information content (AvgIpc) is 2.61. The van der Waals surface area contributed by atoms with E-state index in [0.29, 0.717) is 11.8 Å². The van der Waals surface area contributed by atoms with E-state index >= 15 is 0 Å². The molecule has 1 aromatic rings. The smallest absolute Gasteiger partial charge is 0.165 e. The summed E-state index contributed by atoms with van der Waals surface area (Å²) in [5.41, 5.74) is 0.984. The zero-order chi connectivity index (χ0) is 16.8. The van der Waals surface area contributed by atoms with Gasteiger partial charge < -0.3 is 15.0 Å². The van der Waals surface area contributed by atoms with Crippen molar-refractivity contribution in [3.63, 3.8) is 0 Å². The van der Waals surface area contributed by atoms with Crippen LogP contribution >= 0.6 is 0 Å². The third kappa shape index (κ3) is 4.93. The lowest BCUT2D eigenvalue weighted by Gasteiger charge is -2.36. The highest BCUT2D eigenvalue weighted by atomic mass is 19.1. The van der Waals surface area contributed by atoms with Crippen molar-refractivity contribution in [2.45, 2.75) is 57.5 Å². The molecule has 4 heteroatoms. The van der Waals surface area contributed by atoms with Gasteiger partial charge in [0.05, 0.1) is 7.11 Å². The summed E-state index contributed by atoms with van der Waals surface area (Å²) in [7, 11) is 1.50. The summed E-state index contributed by atoms with van der Waals surface area (Å²) in [6.45, 7) is 4.37. The molecule has 2 aliphatic rings. The number of nitrogens with one attached hydrogen (secondary N) is 1. The molecule has 1 heterocycles. The maximum Gasteiger partial charge on any atom is 0.165 e. The molecule has 0 unspecified atom stereocenters. The van der Waals surface area contributed by atoms with Gasteiger partial charge in [0, 0.05) is 25.7 Å². The Morgan fingerprint density at radius 2 is 2.00 bits per heavy atom. The maximum atomic E-state index is 13.8. The summed E-state index contributed by atoms with van der Waals surface area (Å²) in [6.07, 6.45) is 9.59. The Kier molecular flexibility index (Phi) is 6.50. The first-order valence-electron chi connectivity index (χ1n) is 9.53. The van der Waals surface area contributed by atoms with Crippen molar-refractivity contribution in [3.8, 4) is 5.75 Å². The quantitative estimate of drug-likeness (QED) is 0.852. The predicted molar refractivity (Wildman–Crippen MR) is 95.8 cm³/mol. The lowest BCUT2D eigenvalue weighted by Crippen LogP contribution is -2.47. The molecule has 1 aliphatic carbocycles. The Bertz CT molecular complexity index is 516. The lowest BCUT2D eigenvalue weighted by molar-refractivity contribution is 0.149. The monoisotopic (exact) mass is 334 g/mol. The largest absolute Gasteiger partial charge is 0.494 e. The van der Waals surface area contributed by atoms with Crippen LogP contribution in [0.5, 0.6) is 5.75 Å². The standard InChI is InChI=1S/C20H31FN2O/c1-24-20-10-9-17(12-19(20)21)13-22-18-8-5-11-23(15-18)14-16-6-3-2-4-7-16/h9-10,12,16,18,22H,2-8,11,13-15H2,1H3/t18-/m0/s1. The van der Waals surface area contributed by atoms with Crippen molar-refractivity contribution in [2.75, 3.05) is 26.7 Å². The van der Waals surface area contributed by atoms with Gasteiger partial charge in [-0.2, -0.15) is 0 Å². The summed E-state index contributed by atoms with van der Waals surface area (Å²) >= 11 is 0. The van der Waals surface area contributed by atoms with Crippen molar-refractivity contribution in [1.29, 1.82) is 0 Å². The first-order valence-corrected chi connectivity index (χ1v) is 9.53. The van der Waals surface area contributed by atoms with Crippen LogP contribution in [0.15, 0.2) is 18.2 Å². The van der Waals surface area contributed by atoms with E-state index in [1.807, 2.05) is 6.07 Å². The van der Waals surface area contributed by atoms with Gasteiger partial charge in [0.1, 0.15) is 0 Å². The molecule has 1 saturated carbocycles. The van der Waals surface area contributed by atoms with Crippen molar-refractivity contribution >= 4 is 0 Å². The number of methoxy groups -OCH3 is 1. The number of rotatable bonds is 6. The molecule has 1 atom stereocenters. The summed E-state index contributed by atoms with van der Waals surface area (Å²) in [4.78, 5) is 2.64. The Hall–Kier alpha value is -1.13. The normalized spacial score (nSPS) is 23.3. The van der Waals surface area contributed by atoms with Crippen LogP contribution in [-0.4, -0.2) is 37.7 Å². The molecular weight excluding hydrogens is 303 g/mol. The molecule has 1 saturated heterocycles. The molecule has 0 amide bonds. The van der Waals surface area contributed by atoms with Gasteiger partial charge in [-0.15, -0.1) is 0 Å². The highest BCUT2D eigenvalue weighted by Crippen LogP contribution is 2.25. The molecule has 134 valence electrons. The number of nitrogens with zero attached hydrogens (tertiary/aromatic N) is 1. The number of hydrogen-bond donors (Lipinski definition) is 1. The van der Waals surface area contributed by atoms with Gasteiger partial charge in [-0.05, 0) is 55.8 Å². The summed E-state index contributed by atoms with van der Waals surface area (Å²) in [5, 5.41) is 3.62. The fourth-order valence-corrected chi connectivity index (χ4v) is 4.20. The number of ether oxygens (including phenoxy) is 1. The average molecular weight is 334 g/mol. The second kappa shape index (κ2) is 8.82. The highest BCUT2D eigenvalue weighted by Gasteiger charge is 2.23. The number of halogens is 1. The summed E-state index contributed by atoms with van der Waals surface area (Å²) in [6, 6.07) is 5.75.